The Bertz CT molecular complexity index is 107. The third kappa shape index (κ3) is 0.941. The van der Waals surface area contributed by atoms with Crippen LogP contribution in [0.1, 0.15) is 19.3 Å². The molecule has 8 heavy (non-hydrogen) atoms. The summed E-state index contributed by atoms with van der Waals surface area (Å²) in [6.45, 7) is 0. The van der Waals surface area contributed by atoms with Crippen LogP contribution in [0.25, 0.3) is 0 Å². The van der Waals surface area contributed by atoms with E-state index < -0.39 is 0 Å². The van der Waals surface area contributed by atoms with Crippen LogP contribution in [0.3, 0.4) is 0 Å². The molecular weight excluding hydrogens is 104 g/mol. The maximum absolute atomic E-state index is 10.3. The normalized spacial score (nSPS) is 20.2. The molecule has 0 aromatic rings. The third-order valence-corrected chi connectivity index (χ3v) is 1.46. The molecule has 0 aliphatic heterocycles. The van der Waals surface area contributed by atoms with Crippen molar-refractivity contribution in [3.8, 4) is 0 Å². The van der Waals surface area contributed by atoms with E-state index in [4.69, 9.17) is 0 Å². The molecule has 0 atom stereocenters. The molecule has 0 aromatic heterocycles. The Morgan fingerprint density at radius 2 is 2.25 bits per heavy atom. The number of hydrogen-bond acceptors (Lipinski definition) is 2. The Balaban J connectivity index is 2.15. The second-order valence-electron chi connectivity index (χ2n) is 2.22. The first-order valence-electron chi connectivity index (χ1n) is 2.78. The van der Waals surface area contributed by atoms with Crippen molar-refractivity contribution < 1.29 is 9.59 Å². The predicted octanol–water partition coefficient (Wildman–Crippen LogP) is 0.554. The molecule has 2 nitrogen and oxygen atoms in total. The monoisotopic (exact) mass is 112 g/mol. The third-order valence-electron chi connectivity index (χ3n) is 1.46. The van der Waals surface area contributed by atoms with E-state index in [0.717, 1.165) is 6.29 Å². The van der Waals surface area contributed by atoms with Crippen LogP contribution in [-0.2, 0) is 9.59 Å². The fourth-order valence-electron chi connectivity index (χ4n) is 0.887. The van der Waals surface area contributed by atoms with Gasteiger partial charge in [0.25, 0.3) is 0 Å². The molecule has 0 aromatic carbocycles. The predicted molar refractivity (Wildman–Crippen MR) is 28.4 cm³/mol. The largest absolute Gasteiger partial charge is 0.303 e. The first-order valence-corrected chi connectivity index (χ1v) is 2.78. The van der Waals surface area contributed by atoms with E-state index in [1.165, 1.54) is 0 Å². The van der Waals surface area contributed by atoms with E-state index in [2.05, 4.69) is 0 Å². The average Bonchev–Trinajstić information content (AvgIpc) is 1.64. The second kappa shape index (κ2) is 2.07. The smallest absolute Gasteiger partial charge is 0.133 e. The summed E-state index contributed by atoms with van der Waals surface area (Å²) in [6.07, 6.45) is 2.74. The Hall–Kier alpha value is -0.660. The van der Waals surface area contributed by atoms with Gasteiger partial charge in [0.2, 0.25) is 0 Å². The zero-order valence-corrected chi connectivity index (χ0v) is 4.59. The summed E-state index contributed by atoms with van der Waals surface area (Å²) >= 11 is 0. The van der Waals surface area contributed by atoms with Crippen LogP contribution in [0.2, 0.25) is 0 Å². The van der Waals surface area contributed by atoms with Crippen LogP contribution in [0.5, 0.6) is 0 Å². The number of Topliss-reactive ketones (excluding diaryl/α,β-unsaturated/α-hetero) is 1. The van der Waals surface area contributed by atoms with Gasteiger partial charge in [0.1, 0.15) is 12.1 Å². The molecule has 0 bridgehead atoms. The van der Waals surface area contributed by atoms with Crippen molar-refractivity contribution in [2.75, 3.05) is 0 Å². The topological polar surface area (TPSA) is 34.1 Å². The molecule has 1 saturated carbocycles. The van der Waals surface area contributed by atoms with Gasteiger partial charge in [-0.15, -0.1) is 0 Å². The zero-order chi connectivity index (χ0) is 5.98. The lowest BCUT2D eigenvalue weighted by Crippen LogP contribution is -2.23. The van der Waals surface area contributed by atoms with Crippen molar-refractivity contribution >= 4 is 12.1 Å². The number of hydrogen-bond donors (Lipinski definition) is 0. The second-order valence-corrected chi connectivity index (χ2v) is 2.22. The van der Waals surface area contributed by atoms with Gasteiger partial charge in [-0.05, 0) is 5.92 Å². The molecule has 0 radical (unpaired) electrons. The lowest BCUT2D eigenvalue weighted by atomic mass is 9.82. The summed E-state index contributed by atoms with van der Waals surface area (Å²) in [4.78, 5) is 20.1. The molecule has 44 valence electrons. The van der Waals surface area contributed by atoms with Crippen molar-refractivity contribution in [2.45, 2.75) is 19.3 Å². The summed E-state index contributed by atoms with van der Waals surface area (Å²) in [5.41, 5.74) is 0. The molecule has 0 spiro atoms. The van der Waals surface area contributed by atoms with Gasteiger partial charge < -0.3 is 4.79 Å². The highest BCUT2D eigenvalue weighted by Gasteiger charge is 2.25. The van der Waals surface area contributed by atoms with E-state index >= 15 is 0 Å². The average molecular weight is 112 g/mol. The van der Waals surface area contributed by atoms with Crippen LogP contribution in [0, 0.1) is 5.92 Å². The summed E-state index contributed by atoms with van der Waals surface area (Å²) in [7, 11) is 0. The fraction of sp³-hybridized carbons (Fsp3) is 0.667. The van der Waals surface area contributed by atoms with Gasteiger partial charge in [-0.2, -0.15) is 0 Å². The molecule has 0 saturated heterocycles. The maximum Gasteiger partial charge on any atom is 0.133 e. The first kappa shape index (κ1) is 5.48. The van der Waals surface area contributed by atoms with Crippen LogP contribution in [0.4, 0.5) is 0 Å². The van der Waals surface area contributed by atoms with Crippen molar-refractivity contribution in [3.05, 3.63) is 0 Å². The molecule has 0 amide bonds. The van der Waals surface area contributed by atoms with Crippen molar-refractivity contribution in [1.29, 1.82) is 0 Å². The molecule has 0 heterocycles. The van der Waals surface area contributed by atoms with Gasteiger partial charge in [-0.3, -0.25) is 4.79 Å². The van der Waals surface area contributed by atoms with Gasteiger partial charge in [0.15, 0.2) is 0 Å². The Labute approximate surface area is 47.9 Å². The molecular formula is C6H8O2. The van der Waals surface area contributed by atoms with E-state index in [1.807, 2.05) is 0 Å². The number of ketones is 1. The minimum Gasteiger partial charge on any atom is -0.303 e. The Kier molecular flexibility index (Phi) is 1.42. The Morgan fingerprint density at radius 3 is 2.62 bits per heavy atom. The van der Waals surface area contributed by atoms with E-state index in [1.54, 1.807) is 0 Å². The lowest BCUT2D eigenvalue weighted by molar-refractivity contribution is -0.127. The standard InChI is InChI=1S/C6H8O2/c7-2-1-5-3-6(8)4-5/h2,5H,1,3-4H2. The van der Waals surface area contributed by atoms with E-state index in [0.29, 0.717) is 31.0 Å². The van der Waals surface area contributed by atoms with Crippen molar-refractivity contribution in [3.63, 3.8) is 0 Å². The number of rotatable bonds is 2. The molecule has 2 heteroatoms. The molecule has 1 fully saturated rings. The Morgan fingerprint density at radius 1 is 1.62 bits per heavy atom. The van der Waals surface area contributed by atoms with E-state index in [-0.39, 0.29) is 0 Å². The van der Waals surface area contributed by atoms with Crippen molar-refractivity contribution in [2.24, 2.45) is 5.92 Å². The summed E-state index contributed by atoms with van der Waals surface area (Å²) < 4.78 is 0. The summed E-state index contributed by atoms with van der Waals surface area (Å²) in [6, 6.07) is 0. The number of carbonyl (C=O) groups is 2. The van der Waals surface area contributed by atoms with Gasteiger partial charge in [-0.1, -0.05) is 0 Å². The molecule has 0 unspecified atom stereocenters. The number of aldehydes is 1. The lowest BCUT2D eigenvalue weighted by Gasteiger charge is -2.20. The van der Waals surface area contributed by atoms with Crippen LogP contribution < -0.4 is 0 Å². The molecule has 1 aliphatic carbocycles. The van der Waals surface area contributed by atoms with Gasteiger partial charge in [0.05, 0.1) is 0 Å². The highest BCUT2D eigenvalue weighted by Crippen LogP contribution is 2.24. The first-order chi connectivity index (χ1) is 3.83. The quantitative estimate of drug-likeness (QED) is 0.489. The van der Waals surface area contributed by atoms with Crippen LogP contribution in [-0.4, -0.2) is 12.1 Å². The molecule has 1 aliphatic rings. The van der Waals surface area contributed by atoms with Gasteiger partial charge in [0, 0.05) is 19.3 Å². The van der Waals surface area contributed by atoms with Crippen LogP contribution >= 0.6 is 0 Å². The summed E-state index contributed by atoms with van der Waals surface area (Å²) in [5, 5.41) is 0. The van der Waals surface area contributed by atoms with Gasteiger partial charge >= 0.3 is 0 Å². The number of carbonyl (C=O) groups excluding carboxylic acids is 2. The molecule has 0 N–H and O–H groups in total. The molecule has 1 rings (SSSR count). The van der Waals surface area contributed by atoms with Gasteiger partial charge in [-0.25, -0.2) is 0 Å². The van der Waals surface area contributed by atoms with Crippen LogP contribution in [0.15, 0.2) is 0 Å². The van der Waals surface area contributed by atoms with E-state index in [9.17, 15) is 9.59 Å². The SMILES string of the molecule is O=CCC1CC(=O)C1. The minimum absolute atomic E-state index is 0.303. The maximum atomic E-state index is 10.3. The highest BCUT2D eigenvalue weighted by atomic mass is 16.1. The highest BCUT2D eigenvalue weighted by molar-refractivity contribution is 5.85. The minimum atomic E-state index is 0.303. The van der Waals surface area contributed by atoms with Crippen molar-refractivity contribution in [1.82, 2.24) is 0 Å². The summed E-state index contributed by atoms with van der Waals surface area (Å²) in [5.74, 6) is 0.692. The fourth-order valence-corrected chi connectivity index (χ4v) is 0.887. The zero-order valence-electron chi connectivity index (χ0n) is 4.59.